The summed E-state index contributed by atoms with van der Waals surface area (Å²) in [5, 5.41) is 0. The summed E-state index contributed by atoms with van der Waals surface area (Å²) in [6, 6.07) is 3.63. The number of furan rings is 1. The minimum atomic E-state index is -0.474. The molecule has 1 aliphatic carbocycles. The Morgan fingerprint density at radius 1 is 1.35 bits per heavy atom. The molecule has 1 aliphatic rings. The van der Waals surface area contributed by atoms with Gasteiger partial charge >= 0.3 is 5.91 Å². The zero-order chi connectivity index (χ0) is 14.5. The molecule has 0 saturated heterocycles. The van der Waals surface area contributed by atoms with Crippen LogP contribution >= 0.6 is 0 Å². The summed E-state index contributed by atoms with van der Waals surface area (Å²) in [7, 11) is 0. The normalized spacial score (nSPS) is 15.7. The average molecular weight is 280 g/mol. The van der Waals surface area contributed by atoms with Gasteiger partial charge in [-0.2, -0.15) is 0 Å². The van der Waals surface area contributed by atoms with E-state index in [1.807, 2.05) is 10.3 Å². The predicted octanol–water partition coefficient (Wildman–Crippen LogP) is 0.113. The summed E-state index contributed by atoms with van der Waals surface area (Å²) in [5.41, 5.74) is 7.31. The van der Waals surface area contributed by atoms with Gasteiger partial charge < -0.3 is 10.2 Å². The second-order valence-corrected chi connectivity index (χ2v) is 5.05. The first-order chi connectivity index (χ1) is 9.60. The monoisotopic (exact) mass is 280 g/mol. The highest BCUT2D eigenvalue weighted by atomic mass is 16.4. The number of primary amides is 1. The molecule has 0 atom stereocenters. The maximum atomic E-state index is 11.3. The van der Waals surface area contributed by atoms with Crippen molar-refractivity contribution < 1.29 is 14.0 Å². The van der Waals surface area contributed by atoms with Crippen LogP contribution in [0.5, 0.6) is 0 Å². The lowest BCUT2D eigenvalue weighted by atomic mass is 10.2. The van der Waals surface area contributed by atoms with Gasteiger partial charge in [0.05, 0.1) is 13.1 Å². The molecular weight excluding hydrogens is 260 g/mol. The van der Waals surface area contributed by atoms with Crippen molar-refractivity contribution in [2.45, 2.75) is 38.3 Å². The third-order valence-corrected chi connectivity index (χ3v) is 3.58. The number of rotatable bonds is 6. The molecule has 2 rings (SSSR count). The average Bonchev–Trinajstić information content (AvgIpc) is 3.07. The summed E-state index contributed by atoms with van der Waals surface area (Å²) >= 11 is 0. The number of nitrogen functional groups attached to an aromatic ring is 1. The van der Waals surface area contributed by atoms with Crippen LogP contribution in [0.2, 0.25) is 0 Å². The van der Waals surface area contributed by atoms with Gasteiger partial charge in [0.25, 0.3) is 0 Å². The molecule has 1 saturated carbocycles. The fourth-order valence-corrected chi connectivity index (χ4v) is 2.64. The van der Waals surface area contributed by atoms with Crippen LogP contribution in [0.4, 0.5) is 0 Å². The molecule has 1 aromatic rings. The summed E-state index contributed by atoms with van der Waals surface area (Å²) in [6.07, 6.45) is 4.45. The molecular formula is C13H20N4O3. The summed E-state index contributed by atoms with van der Waals surface area (Å²) in [5.74, 6) is 5.00. The zero-order valence-corrected chi connectivity index (χ0v) is 11.3. The van der Waals surface area contributed by atoms with Crippen molar-refractivity contribution in [3.8, 4) is 0 Å². The number of hydrazine groups is 1. The van der Waals surface area contributed by atoms with Crippen LogP contribution < -0.4 is 17.0 Å². The van der Waals surface area contributed by atoms with Crippen LogP contribution in [-0.4, -0.2) is 29.3 Å². The molecule has 1 fully saturated rings. The highest BCUT2D eigenvalue weighted by Gasteiger charge is 2.25. The molecule has 0 aromatic carbocycles. The largest absolute Gasteiger partial charge is 0.455 e. The van der Waals surface area contributed by atoms with Crippen LogP contribution in [0.15, 0.2) is 16.5 Å². The van der Waals surface area contributed by atoms with Gasteiger partial charge in [-0.15, -0.1) is 0 Å². The van der Waals surface area contributed by atoms with E-state index < -0.39 is 5.91 Å². The van der Waals surface area contributed by atoms with Crippen LogP contribution in [0.3, 0.4) is 0 Å². The topological polar surface area (TPSA) is 115 Å². The van der Waals surface area contributed by atoms with Gasteiger partial charge in [-0.3, -0.25) is 19.9 Å². The number of hydrogen-bond donors (Lipinski definition) is 3. The molecule has 110 valence electrons. The third-order valence-electron chi connectivity index (χ3n) is 3.58. The lowest BCUT2D eigenvalue weighted by Gasteiger charge is -2.26. The van der Waals surface area contributed by atoms with Crippen molar-refractivity contribution in [3.05, 3.63) is 23.7 Å². The zero-order valence-electron chi connectivity index (χ0n) is 11.3. The number of hydrogen-bond acceptors (Lipinski definition) is 5. The van der Waals surface area contributed by atoms with Crippen molar-refractivity contribution in [1.29, 1.82) is 0 Å². The van der Waals surface area contributed by atoms with E-state index in [0.717, 1.165) is 12.8 Å². The smallest absolute Gasteiger partial charge is 0.300 e. The highest BCUT2D eigenvalue weighted by molar-refractivity contribution is 5.90. The fraction of sp³-hybridized carbons (Fsp3) is 0.538. The van der Waals surface area contributed by atoms with E-state index in [4.69, 9.17) is 16.0 Å². The third kappa shape index (κ3) is 3.58. The van der Waals surface area contributed by atoms with E-state index in [1.165, 1.54) is 12.8 Å². The lowest BCUT2D eigenvalue weighted by Crippen LogP contribution is -2.39. The van der Waals surface area contributed by atoms with Gasteiger partial charge in [0.15, 0.2) is 5.76 Å². The van der Waals surface area contributed by atoms with E-state index in [1.54, 1.807) is 12.1 Å². The maximum absolute atomic E-state index is 11.3. The van der Waals surface area contributed by atoms with Gasteiger partial charge in [0.1, 0.15) is 5.76 Å². The van der Waals surface area contributed by atoms with Crippen molar-refractivity contribution in [2.75, 3.05) is 6.54 Å². The Labute approximate surface area is 117 Å². The van der Waals surface area contributed by atoms with E-state index in [-0.39, 0.29) is 18.2 Å². The lowest BCUT2D eigenvalue weighted by molar-refractivity contribution is -0.119. The maximum Gasteiger partial charge on any atom is 0.300 e. The molecule has 7 nitrogen and oxygen atoms in total. The van der Waals surface area contributed by atoms with E-state index in [9.17, 15) is 9.59 Å². The highest BCUT2D eigenvalue weighted by Crippen LogP contribution is 2.25. The second-order valence-electron chi connectivity index (χ2n) is 5.05. The number of nitrogens with one attached hydrogen (secondary N) is 1. The van der Waals surface area contributed by atoms with Gasteiger partial charge in [0.2, 0.25) is 5.91 Å². The minimum absolute atomic E-state index is 0.160. The molecule has 0 bridgehead atoms. The van der Waals surface area contributed by atoms with E-state index in [0.29, 0.717) is 18.3 Å². The molecule has 5 N–H and O–H groups in total. The SMILES string of the molecule is NNC(=O)c1ccc(CN(CC(N)=O)C2CCCC2)o1. The summed E-state index contributed by atoms with van der Waals surface area (Å²) < 4.78 is 5.42. The molecule has 1 heterocycles. The Balaban J connectivity index is 2.04. The number of nitrogens with two attached hydrogens (primary N) is 2. The summed E-state index contributed by atoms with van der Waals surface area (Å²) in [6.45, 7) is 0.662. The Kier molecular flexibility index (Phi) is 4.75. The van der Waals surface area contributed by atoms with Gasteiger partial charge in [-0.05, 0) is 25.0 Å². The molecule has 7 heteroatoms. The Bertz CT molecular complexity index is 480. The van der Waals surface area contributed by atoms with Crippen LogP contribution in [-0.2, 0) is 11.3 Å². The first-order valence-corrected chi connectivity index (χ1v) is 6.72. The van der Waals surface area contributed by atoms with Crippen LogP contribution in [0, 0.1) is 0 Å². The molecule has 1 aromatic heterocycles. The standard InChI is InChI=1S/C13H20N4O3/c14-12(18)8-17(9-3-1-2-4-9)7-10-5-6-11(20-10)13(19)16-15/h5-6,9H,1-4,7-8,15H2,(H2,14,18)(H,16,19). The first kappa shape index (κ1) is 14.5. The van der Waals surface area contributed by atoms with Gasteiger partial charge in [0, 0.05) is 6.04 Å². The Morgan fingerprint density at radius 2 is 2.05 bits per heavy atom. The summed E-state index contributed by atoms with van der Waals surface area (Å²) in [4.78, 5) is 24.5. The predicted molar refractivity (Wildman–Crippen MR) is 72.2 cm³/mol. The van der Waals surface area contributed by atoms with Crippen molar-refractivity contribution in [3.63, 3.8) is 0 Å². The molecule has 0 radical (unpaired) electrons. The molecule has 0 spiro atoms. The number of amides is 2. The van der Waals surface area contributed by atoms with Gasteiger partial charge in [-0.1, -0.05) is 12.8 Å². The van der Waals surface area contributed by atoms with Crippen molar-refractivity contribution in [1.82, 2.24) is 10.3 Å². The number of carbonyl (C=O) groups is 2. The van der Waals surface area contributed by atoms with Gasteiger partial charge in [-0.25, -0.2) is 5.84 Å². The second kappa shape index (κ2) is 6.53. The Hall–Kier alpha value is -1.86. The first-order valence-electron chi connectivity index (χ1n) is 6.72. The molecule has 0 aliphatic heterocycles. The Morgan fingerprint density at radius 3 is 2.65 bits per heavy atom. The van der Waals surface area contributed by atoms with Crippen molar-refractivity contribution in [2.24, 2.45) is 11.6 Å². The van der Waals surface area contributed by atoms with E-state index in [2.05, 4.69) is 0 Å². The molecule has 2 amide bonds. The quantitative estimate of drug-likeness (QED) is 0.389. The van der Waals surface area contributed by atoms with Crippen molar-refractivity contribution >= 4 is 11.8 Å². The molecule has 0 unspecified atom stereocenters. The van der Waals surface area contributed by atoms with E-state index >= 15 is 0 Å². The number of carbonyl (C=O) groups excluding carboxylic acids is 2. The molecule has 20 heavy (non-hydrogen) atoms. The van der Waals surface area contributed by atoms with Crippen LogP contribution in [0.25, 0.3) is 0 Å². The minimum Gasteiger partial charge on any atom is -0.455 e. The fourth-order valence-electron chi connectivity index (χ4n) is 2.64. The number of nitrogens with zero attached hydrogens (tertiary/aromatic N) is 1. The van der Waals surface area contributed by atoms with Crippen LogP contribution in [0.1, 0.15) is 42.0 Å².